The van der Waals surface area contributed by atoms with Crippen LogP contribution >= 0.6 is 0 Å². The Morgan fingerprint density at radius 2 is 1.89 bits per heavy atom. The van der Waals surface area contributed by atoms with Gasteiger partial charge in [-0.15, -0.1) is 0 Å². The molecule has 0 unspecified atom stereocenters. The largest absolute Gasteiger partial charge is 0.508 e. The normalized spacial score (nSPS) is 9.95. The monoisotopic (exact) mass is 258 g/mol. The minimum Gasteiger partial charge on any atom is -0.508 e. The molecular formula is C14H14N2O3. The molecule has 0 heterocycles. The van der Waals surface area contributed by atoms with Crippen LogP contribution in [0.3, 0.4) is 0 Å². The molecule has 0 aromatic heterocycles. The number of methoxy groups -OCH3 is 1. The average molecular weight is 258 g/mol. The number of carbonyl (C=O) groups is 1. The van der Waals surface area contributed by atoms with Crippen molar-refractivity contribution in [2.45, 2.75) is 0 Å². The lowest BCUT2D eigenvalue weighted by Crippen LogP contribution is -2.11. The highest BCUT2D eigenvalue weighted by atomic mass is 16.5. The molecule has 2 aromatic rings. The average Bonchev–Trinajstić information content (AvgIpc) is 2.41. The Balaban J connectivity index is 2.17. The first kappa shape index (κ1) is 12.8. The predicted molar refractivity (Wildman–Crippen MR) is 73.5 cm³/mol. The van der Waals surface area contributed by atoms with E-state index >= 15 is 0 Å². The van der Waals surface area contributed by atoms with Crippen LogP contribution < -0.4 is 15.8 Å². The quantitative estimate of drug-likeness (QED) is 0.737. The van der Waals surface area contributed by atoms with E-state index in [-0.39, 0.29) is 11.7 Å². The lowest BCUT2D eigenvalue weighted by molar-refractivity contribution is 0.102. The molecule has 0 saturated carbocycles. The molecule has 5 nitrogen and oxygen atoms in total. The first-order valence-corrected chi connectivity index (χ1v) is 5.64. The van der Waals surface area contributed by atoms with Gasteiger partial charge in [0.2, 0.25) is 0 Å². The summed E-state index contributed by atoms with van der Waals surface area (Å²) in [4.78, 5) is 11.9. The van der Waals surface area contributed by atoms with E-state index in [1.807, 2.05) is 0 Å². The molecule has 0 spiro atoms. The van der Waals surface area contributed by atoms with Gasteiger partial charge in [-0.25, -0.2) is 0 Å². The van der Waals surface area contributed by atoms with Crippen LogP contribution in [0.15, 0.2) is 42.5 Å². The molecule has 0 aliphatic heterocycles. The zero-order valence-corrected chi connectivity index (χ0v) is 10.4. The van der Waals surface area contributed by atoms with E-state index in [2.05, 4.69) is 5.32 Å². The molecule has 0 radical (unpaired) electrons. The van der Waals surface area contributed by atoms with Crippen molar-refractivity contribution >= 4 is 17.3 Å². The Bertz CT molecular complexity index is 594. The van der Waals surface area contributed by atoms with Gasteiger partial charge in [-0.3, -0.25) is 4.79 Å². The summed E-state index contributed by atoms with van der Waals surface area (Å²) in [5, 5.41) is 11.9. The highest BCUT2D eigenvalue weighted by Gasteiger charge is 2.07. The first-order valence-electron chi connectivity index (χ1n) is 5.64. The van der Waals surface area contributed by atoms with Gasteiger partial charge < -0.3 is 20.9 Å². The molecule has 0 atom stereocenters. The number of aromatic hydroxyl groups is 1. The number of nitrogen functional groups attached to an aromatic ring is 1. The number of hydrogen-bond donors (Lipinski definition) is 3. The zero-order valence-electron chi connectivity index (χ0n) is 10.4. The van der Waals surface area contributed by atoms with Crippen LogP contribution in [0.5, 0.6) is 11.5 Å². The molecule has 0 fully saturated rings. The number of amides is 1. The van der Waals surface area contributed by atoms with E-state index in [0.29, 0.717) is 22.7 Å². The van der Waals surface area contributed by atoms with E-state index < -0.39 is 0 Å². The standard InChI is InChI=1S/C14H14N2O3/c1-19-13-8-10(4-7-12(13)15)16-14(18)9-2-5-11(17)6-3-9/h2-8,17H,15H2,1H3,(H,16,18). The fourth-order valence-corrected chi connectivity index (χ4v) is 1.60. The number of benzene rings is 2. The Kier molecular flexibility index (Phi) is 3.56. The second kappa shape index (κ2) is 5.30. The lowest BCUT2D eigenvalue weighted by Gasteiger charge is -2.09. The van der Waals surface area contributed by atoms with Gasteiger partial charge in [0.15, 0.2) is 0 Å². The summed E-state index contributed by atoms with van der Waals surface area (Å²) in [7, 11) is 1.51. The maximum Gasteiger partial charge on any atom is 0.255 e. The number of phenolic OH excluding ortho intramolecular Hbond substituents is 1. The van der Waals surface area contributed by atoms with Crippen molar-refractivity contribution < 1.29 is 14.6 Å². The third-order valence-electron chi connectivity index (χ3n) is 2.62. The first-order chi connectivity index (χ1) is 9.10. The highest BCUT2D eigenvalue weighted by molar-refractivity contribution is 6.04. The number of hydrogen-bond acceptors (Lipinski definition) is 4. The van der Waals surface area contributed by atoms with Crippen molar-refractivity contribution in [2.75, 3.05) is 18.2 Å². The van der Waals surface area contributed by atoms with Gasteiger partial charge in [0.25, 0.3) is 5.91 Å². The second-order valence-electron chi connectivity index (χ2n) is 3.96. The molecule has 5 heteroatoms. The lowest BCUT2D eigenvalue weighted by atomic mass is 10.2. The van der Waals surface area contributed by atoms with Crippen molar-refractivity contribution in [2.24, 2.45) is 0 Å². The van der Waals surface area contributed by atoms with Crippen molar-refractivity contribution in [1.29, 1.82) is 0 Å². The van der Waals surface area contributed by atoms with Crippen LogP contribution in [0.2, 0.25) is 0 Å². The van der Waals surface area contributed by atoms with Gasteiger partial charge >= 0.3 is 0 Å². The third kappa shape index (κ3) is 2.95. The summed E-state index contributed by atoms with van der Waals surface area (Å²) in [6, 6.07) is 11.0. The summed E-state index contributed by atoms with van der Waals surface area (Å²) in [6.45, 7) is 0. The molecule has 0 aliphatic rings. The van der Waals surface area contributed by atoms with Gasteiger partial charge in [0.05, 0.1) is 12.8 Å². The van der Waals surface area contributed by atoms with Crippen molar-refractivity contribution in [3.8, 4) is 11.5 Å². The summed E-state index contributed by atoms with van der Waals surface area (Å²) in [5.74, 6) is 0.348. The van der Waals surface area contributed by atoms with Gasteiger partial charge in [-0.2, -0.15) is 0 Å². The van der Waals surface area contributed by atoms with E-state index in [0.717, 1.165) is 0 Å². The number of phenols is 1. The number of anilines is 2. The van der Waals surface area contributed by atoms with Gasteiger partial charge in [-0.05, 0) is 36.4 Å². The SMILES string of the molecule is COc1cc(NC(=O)c2ccc(O)cc2)ccc1N. The number of nitrogens with two attached hydrogens (primary N) is 1. The van der Waals surface area contributed by atoms with E-state index in [1.165, 1.54) is 19.2 Å². The van der Waals surface area contributed by atoms with Crippen LogP contribution in [-0.2, 0) is 0 Å². The maximum atomic E-state index is 11.9. The number of nitrogens with one attached hydrogen (secondary N) is 1. The van der Waals surface area contributed by atoms with Crippen LogP contribution in [0, 0.1) is 0 Å². The highest BCUT2D eigenvalue weighted by Crippen LogP contribution is 2.25. The van der Waals surface area contributed by atoms with Gasteiger partial charge in [0.1, 0.15) is 11.5 Å². The molecule has 0 saturated heterocycles. The zero-order chi connectivity index (χ0) is 13.8. The van der Waals surface area contributed by atoms with Crippen LogP contribution in [0.25, 0.3) is 0 Å². The summed E-state index contributed by atoms with van der Waals surface area (Å²) in [6.07, 6.45) is 0. The van der Waals surface area contributed by atoms with Crippen LogP contribution in [-0.4, -0.2) is 18.1 Å². The molecule has 0 aliphatic carbocycles. The van der Waals surface area contributed by atoms with Gasteiger partial charge in [0, 0.05) is 17.3 Å². The Hall–Kier alpha value is -2.69. The Labute approximate surface area is 110 Å². The molecule has 19 heavy (non-hydrogen) atoms. The maximum absolute atomic E-state index is 11.9. The smallest absolute Gasteiger partial charge is 0.255 e. The molecule has 1 amide bonds. The van der Waals surface area contributed by atoms with E-state index in [1.54, 1.807) is 30.3 Å². The minimum absolute atomic E-state index is 0.116. The van der Waals surface area contributed by atoms with E-state index in [4.69, 9.17) is 15.6 Å². The predicted octanol–water partition coefficient (Wildman–Crippen LogP) is 2.24. The fraction of sp³-hybridized carbons (Fsp3) is 0.0714. The van der Waals surface area contributed by atoms with E-state index in [9.17, 15) is 4.79 Å². The number of ether oxygens (including phenoxy) is 1. The summed E-state index contributed by atoms with van der Waals surface area (Å²) < 4.78 is 5.08. The number of carbonyl (C=O) groups excluding carboxylic acids is 1. The van der Waals surface area contributed by atoms with Crippen molar-refractivity contribution in [3.05, 3.63) is 48.0 Å². The number of rotatable bonds is 3. The van der Waals surface area contributed by atoms with Crippen molar-refractivity contribution in [3.63, 3.8) is 0 Å². The summed E-state index contributed by atoms with van der Waals surface area (Å²) >= 11 is 0. The molecule has 2 rings (SSSR count). The Morgan fingerprint density at radius 3 is 2.53 bits per heavy atom. The molecule has 4 N–H and O–H groups in total. The Morgan fingerprint density at radius 1 is 1.21 bits per heavy atom. The fourth-order valence-electron chi connectivity index (χ4n) is 1.60. The summed E-state index contributed by atoms with van der Waals surface area (Å²) in [5.41, 5.74) is 7.24. The molecule has 98 valence electrons. The second-order valence-corrected chi connectivity index (χ2v) is 3.96. The topological polar surface area (TPSA) is 84.6 Å². The van der Waals surface area contributed by atoms with Crippen LogP contribution in [0.1, 0.15) is 10.4 Å². The molecular weight excluding hydrogens is 244 g/mol. The van der Waals surface area contributed by atoms with Crippen molar-refractivity contribution in [1.82, 2.24) is 0 Å². The van der Waals surface area contributed by atoms with Crippen LogP contribution in [0.4, 0.5) is 11.4 Å². The van der Waals surface area contributed by atoms with Gasteiger partial charge in [-0.1, -0.05) is 0 Å². The molecule has 0 bridgehead atoms. The third-order valence-corrected chi connectivity index (χ3v) is 2.62. The molecule has 2 aromatic carbocycles. The minimum atomic E-state index is -0.271.